The van der Waals surface area contributed by atoms with E-state index in [-0.39, 0.29) is 18.1 Å². The third kappa shape index (κ3) is 4.84. The van der Waals surface area contributed by atoms with Crippen LogP contribution >= 0.6 is 0 Å². The highest BCUT2D eigenvalue weighted by molar-refractivity contribution is 5.85. The van der Waals surface area contributed by atoms with E-state index in [0.717, 1.165) is 36.5 Å². The fraction of sp³-hybridized carbons (Fsp3) is 0.345. The predicted octanol–water partition coefficient (Wildman–Crippen LogP) is 3.88. The Labute approximate surface area is 235 Å². The highest BCUT2D eigenvalue weighted by atomic mass is 19.1. The largest absolute Gasteiger partial charge is 0.378 e. The summed E-state index contributed by atoms with van der Waals surface area (Å²) in [5.41, 5.74) is 5.44. The Kier molecular flexibility index (Phi) is 6.46. The second kappa shape index (κ2) is 10.4. The van der Waals surface area contributed by atoms with Crippen molar-refractivity contribution in [3.8, 4) is 11.4 Å². The van der Waals surface area contributed by atoms with Crippen molar-refractivity contribution in [1.82, 2.24) is 39.8 Å². The number of para-hydroxylation sites is 1. The number of rotatable bonds is 5. The number of aryl methyl sites for hydroxylation is 1. The number of hydrogen-bond acceptors (Lipinski definition) is 7. The molecule has 2 amide bonds. The molecule has 4 aromatic heterocycles. The molecule has 41 heavy (non-hydrogen) atoms. The first-order valence-corrected chi connectivity index (χ1v) is 13.9. The van der Waals surface area contributed by atoms with Crippen LogP contribution in [-0.2, 0) is 17.6 Å². The van der Waals surface area contributed by atoms with Crippen LogP contribution in [0.5, 0.6) is 0 Å². The maximum absolute atomic E-state index is 14.1. The minimum Gasteiger partial charge on any atom is -0.378 e. The number of pyridine rings is 1. The second-order valence-electron chi connectivity index (χ2n) is 10.6. The first-order chi connectivity index (χ1) is 20.0. The number of carbonyl (C=O) groups excluding carboxylic acids is 1. The van der Waals surface area contributed by atoms with Gasteiger partial charge >= 0.3 is 6.03 Å². The summed E-state index contributed by atoms with van der Waals surface area (Å²) in [7, 11) is 0. The molecule has 7 rings (SSSR count). The van der Waals surface area contributed by atoms with E-state index in [9.17, 15) is 9.18 Å². The topological polar surface area (TPSA) is 125 Å². The number of benzene rings is 1. The first kappa shape index (κ1) is 25.4. The molecule has 0 spiro atoms. The molecule has 1 aromatic carbocycles. The van der Waals surface area contributed by atoms with Crippen molar-refractivity contribution in [2.24, 2.45) is 0 Å². The lowest BCUT2D eigenvalue weighted by atomic mass is 9.91. The van der Waals surface area contributed by atoms with Crippen LogP contribution in [0, 0.1) is 5.82 Å². The molecule has 12 heteroatoms. The molecule has 210 valence electrons. The third-order valence-corrected chi connectivity index (χ3v) is 7.89. The monoisotopic (exact) mass is 555 g/mol. The Bertz CT molecular complexity index is 1740. The summed E-state index contributed by atoms with van der Waals surface area (Å²) in [5, 5.41) is 12.5. The Morgan fingerprint density at radius 3 is 2.88 bits per heavy atom. The highest BCUT2D eigenvalue weighted by Gasteiger charge is 2.26. The zero-order valence-electron chi connectivity index (χ0n) is 22.6. The van der Waals surface area contributed by atoms with E-state index in [1.165, 1.54) is 28.9 Å². The van der Waals surface area contributed by atoms with E-state index in [2.05, 4.69) is 43.9 Å². The average Bonchev–Trinajstić information content (AvgIpc) is 3.59. The zero-order valence-corrected chi connectivity index (χ0v) is 22.6. The first-order valence-electron chi connectivity index (χ1n) is 13.9. The third-order valence-electron chi connectivity index (χ3n) is 7.89. The number of halogens is 1. The molecule has 0 radical (unpaired) electrons. The number of carbonyl (C=O) groups is 1. The quantitative estimate of drug-likeness (QED) is 0.301. The number of fused-ring (bicyclic) bond motifs is 4. The number of morpholine rings is 1. The number of nitrogens with one attached hydrogen (secondary N) is 3. The number of anilines is 1. The number of urea groups is 1. The van der Waals surface area contributed by atoms with Crippen LogP contribution in [0.25, 0.3) is 27.9 Å². The summed E-state index contributed by atoms with van der Waals surface area (Å²) in [5.74, 6) is 0.351. The summed E-state index contributed by atoms with van der Waals surface area (Å²) in [4.78, 5) is 31.7. The molecule has 1 fully saturated rings. The minimum atomic E-state index is -0.473. The number of aromatic amines is 1. The van der Waals surface area contributed by atoms with E-state index in [0.29, 0.717) is 49.3 Å². The van der Waals surface area contributed by atoms with Gasteiger partial charge in [-0.1, -0.05) is 18.2 Å². The lowest BCUT2D eigenvalue weighted by Gasteiger charge is -2.28. The standard InChI is InChI=1S/C29H30FN9O2/c1-17(33-29(40)38-8-10-41-11-9-38)23-16-32-39-27(23)36-26(18-12-19(30)15-31-14-18)37-28(39)34-20-6-7-25-22(13-20)21-4-2-3-5-24(21)35-25/h2-5,12,14-17,20,35H,6-11,13H2,1H3,(H,33,40)(H,34,36,37)/t17-,20+/m1/s1. The summed E-state index contributed by atoms with van der Waals surface area (Å²) in [6, 6.07) is 9.27. The SMILES string of the molecule is C[C@@H](NC(=O)N1CCOCC1)c1cnn2c(N[C@H]3CCc4[nH]c5ccccc5c4C3)nc(-c3cncc(F)c3)nc12. The molecule has 3 N–H and O–H groups in total. The van der Waals surface area contributed by atoms with Gasteiger partial charge in [0.25, 0.3) is 0 Å². The molecule has 1 saturated heterocycles. The van der Waals surface area contributed by atoms with Gasteiger partial charge in [0.1, 0.15) is 5.82 Å². The van der Waals surface area contributed by atoms with Gasteiger partial charge in [0.15, 0.2) is 11.5 Å². The van der Waals surface area contributed by atoms with Gasteiger partial charge in [-0.15, -0.1) is 0 Å². The fourth-order valence-corrected chi connectivity index (χ4v) is 5.75. The van der Waals surface area contributed by atoms with Crippen LogP contribution in [0.4, 0.5) is 15.1 Å². The number of H-pyrrole nitrogens is 1. The van der Waals surface area contributed by atoms with Crippen molar-refractivity contribution in [3.05, 3.63) is 71.6 Å². The van der Waals surface area contributed by atoms with Crippen LogP contribution in [0.2, 0.25) is 0 Å². The average molecular weight is 556 g/mol. The molecule has 2 atom stereocenters. The lowest BCUT2D eigenvalue weighted by Crippen LogP contribution is -2.46. The van der Waals surface area contributed by atoms with Crippen molar-refractivity contribution in [2.75, 3.05) is 31.6 Å². The van der Waals surface area contributed by atoms with Crippen LogP contribution < -0.4 is 10.6 Å². The van der Waals surface area contributed by atoms with Crippen molar-refractivity contribution >= 4 is 28.5 Å². The number of amides is 2. The molecular weight excluding hydrogens is 525 g/mol. The minimum absolute atomic E-state index is 0.101. The van der Waals surface area contributed by atoms with Crippen molar-refractivity contribution in [1.29, 1.82) is 0 Å². The summed E-state index contributed by atoms with van der Waals surface area (Å²) in [6.07, 6.45) is 7.02. The normalized spacial score (nSPS) is 17.9. The maximum Gasteiger partial charge on any atom is 0.318 e. The lowest BCUT2D eigenvalue weighted by molar-refractivity contribution is 0.0526. The fourth-order valence-electron chi connectivity index (χ4n) is 5.75. The van der Waals surface area contributed by atoms with Gasteiger partial charge in [-0.3, -0.25) is 4.98 Å². The summed E-state index contributed by atoms with van der Waals surface area (Å²) >= 11 is 0. The van der Waals surface area contributed by atoms with Gasteiger partial charge in [0, 0.05) is 53.1 Å². The van der Waals surface area contributed by atoms with Crippen molar-refractivity contribution < 1.29 is 13.9 Å². The Balaban J connectivity index is 1.23. The summed E-state index contributed by atoms with van der Waals surface area (Å²) in [6.45, 7) is 4.02. The second-order valence-corrected chi connectivity index (χ2v) is 10.6. The molecule has 11 nitrogen and oxygen atoms in total. The van der Waals surface area contributed by atoms with Crippen LogP contribution in [-0.4, -0.2) is 72.8 Å². The predicted molar refractivity (Wildman–Crippen MR) is 151 cm³/mol. The van der Waals surface area contributed by atoms with Crippen LogP contribution in [0.15, 0.2) is 48.9 Å². The van der Waals surface area contributed by atoms with Crippen LogP contribution in [0.1, 0.15) is 36.2 Å². The molecule has 0 bridgehead atoms. The molecule has 2 aliphatic rings. The van der Waals surface area contributed by atoms with Gasteiger partial charge in [-0.05, 0) is 43.9 Å². The zero-order chi connectivity index (χ0) is 27.9. The molecule has 1 aliphatic carbocycles. The van der Waals surface area contributed by atoms with Gasteiger partial charge in [-0.25, -0.2) is 14.2 Å². The van der Waals surface area contributed by atoms with Gasteiger partial charge < -0.3 is 25.3 Å². The Morgan fingerprint density at radius 1 is 1.17 bits per heavy atom. The molecular formula is C29H30FN9O2. The van der Waals surface area contributed by atoms with E-state index < -0.39 is 5.82 Å². The Morgan fingerprint density at radius 2 is 2.02 bits per heavy atom. The van der Waals surface area contributed by atoms with E-state index >= 15 is 0 Å². The number of hydrogen-bond donors (Lipinski definition) is 3. The number of ether oxygens (including phenoxy) is 1. The number of aromatic nitrogens is 6. The maximum atomic E-state index is 14.1. The Hall–Kier alpha value is -4.58. The smallest absolute Gasteiger partial charge is 0.318 e. The molecule has 1 aliphatic heterocycles. The van der Waals surface area contributed by atoms with E-state index in [1.807, 2.05) is 13.0 Å². The van der Waals surface area contributed by atoms with Crippen molar-refractivity contribution in [3.63, 3.8) is 0 Å². The van der Waals surface area contributed by atoms with Gasteiger partial charge in [0.05, 0.1) is 31.6 Å². The van der Waals surface area contributed by atoms with Crippen molar-refractivity contribution in [2.45, 2.75) is 38.3 Å². The van der Waals surface area contributed by atoms with Gasteiger partial charge in [0.2, 0.25) is 5.95 Å². The van der Waals surface area contributed by atoms with Gasteiger partial charge in [-0.2, -0.15) is 14.6 Å². The molecule has 0 unspecified atom stereocenters. The van der Waals surface area contributed by atoms with E-state index in [1.54, 1.807) is 15.6 Å². The molecule has 5 aromatic rings. The van der Waals surface area contributed by atoms with E-state index in [4.69, 9.17) is 14.7 Å². The summed E-state index contributed by atoms with van der Waals surface area (Å²) < 4.78 is 21.2. The number of nitrogens with zero attached hydrogens (tertiary/aromatic N) is 6. The van der Waals surface area contributed by atoms with Crippen LogP contribution in [0.3, 0.4) is 0 Å². The highest BCUT2D eigenvalue weighted by Crippen LogP contribution is 2.31. The molecule has 5 heterocycles. The molecule has 0 saturated carbocycles.